The van der Waals surface area contributed by atoms with Crippen LogP contribution < -0.4 is 15.4 Å². The van der Waals surface area contributed by atoms with E-state index in [2.05, 4.69) is 15.4 Å². The van der Waals surface area contributed by atoms with Crippen LogP contribution in [0.2, 0.25) is 5.02 Å². The van der Waals surface area contributed by atoms with Gasteiger partial charge in [-0.1, -0.05) is 35.9 Å². The number of para-hydroxylation sites is 1. The number of sulfonamides is 1. The molecule has 0 aliphatic carbocycles. The molecule has 0 spiro atoms. The second-order valence-electron chi connectivity index (χ2n) is 8.91. The monoisotopic (exact) mass is 541 g/mol. The second kappa shape index (κ2) is 11.3. The average Bonchev–Trinajstić information content (AvgIpc) is 3.39. The fourth-order valence-electron chi connectivity index (χ4n) is 3.99. The van der Waals surface area contributed by atoms with Gasteiger partial charge in [0.2, 0.25) is 0 Å². The van der Waals surface area contributed by atoms with Gasteiger partial charge in [0.15, 0.2) is 0 Å². The molecule has 1 fully saturated rings. The Kier molecular flexibility index (Phi) is 8.16. The number of anilines is 2. The van der Waals surface area contributed by atoms with Gasteiger partial charge >= 0.3 is 0 Å². The highest BCUT2D eigenvalue weighted by Gasteiger charge is 2.23. The first kappa shape index (κ1) is 26.7. The molecule has 1 atom stereocenters. The molecular weight excluding hydrogens is 514 g/mol. The first-order chi connectivity index (χ1) is 17.6. The lowest BCUT2D eigenvalue weighted by Crippen LogP contribution is -2.32. The molecule has 37 heavy (non-hydrogen) atoms. The van der Waals surface area contributed by atoms with Crippen molar-refractivity contribution in [3.63, 3.8) is 0 Å². The van der Waals surface area contributed by atoms with Crippen LogP contribution in [0.3, 0.4) is 0 Å². The summed E-state index contributed by atoms with van der Waals surface area (Å²) in [6.45, 7) is 4.71. The summed E-state index contributed by atoms with van der Waals surface area (Å²) in [7, 11) is -4.09. The molecule has 0 radical (unpaired) electrons. The fraction of sp³-hybridized carbons (Fsp3) is 0.259. The molecule has 4 rings (SSSR count). The van der Waals surface area contributed by atoms with Gasteiger partial charge in [0.1, 0.15) is 4.90 Å². The van der Waals surface area contributed by atoms with Crippen LogP contribution in [-0.2, 0) is 14.8 Å². The van der Waals surface area contributed by atoms with Crippen LogP contribution in [0.5, 0.6) is 0 Å². The highest BCUT2D eigenvalue weighted by atomic mass is 35.5. The molecular formula is C27H28ClN3O5S. The zero-order valence-corrected chi connectivity index (χ0v) is 22.1. The maximum Gasteiger partial charge on any atom is 0.263 e. The molecule has 1 heterocycles. The summed E-state index contributed by atoms with van der Waals surface area (Å²) in [5, 5.41) is 5.53. The Balaban J connectivity index is 1.53. The quantitative estimate of drug-likeness (QED) is 0.374. The summed E-state index contributed by atoms with van der Waals surface area (Å²) in [6, 6.07) is 16.0. The lowest BCUT2D eigenvalue weighted by Gasteiger charge is -2.15. The van der Waals surface area contributed by atoms with E-state index in [0.717, 1.165) is 24.0 Å². The molecule has 3 aromatic rings. The van der Waals surface area contributed by atoms with E-state index in [1.165, 1.54) is 18.2 Å². The first-order valence-corrected chi connectivity index (χ1v) is 13.7. The minimum absolute atomic E-state index is 0.0164. The van der Waals surface area contributed by atoms with E-state index in [-0.39, 0.29) is 33.1 Å². The Morgan fingerprint density at radius 2 is 1.78 bits per heavy atom. The number of benzene rings is 3. The average molecular weight is 542 g/mol. The van der Waals surface area contributed by atoms with E-state index in [0.29, 0.717) is 24.5 Å². The standard InChI is InChI=1S/C27H28ClN3O5S/c1-17-9-10-18(2)24(14-17)31-37(34,35)25-15-19(11-12-22(25)28)26(32)30-23-8-4-3-7-21(23)27(33)29-16-20-6-5-13-36-20/h3-4,7-12,14-15,20,31H,5-6,13,16H2,1-2H3,(H,29,33)(H,30,32)/t20-/m0/s1. The number of rotatable bonds is 8. The lowest BCUT2D eigenvalue weighted by molar-refractivity contribution is 0.0858. The van der Waals surface area contributed by atoms with Crippen LogP contribution in [-0.4, -0.2) is 39.5 Å². The molecule has 3 aromatic carbocycles. The number of carbonyl (C=O) groups is 2. The Morgan fingerprint density at radius 3 is 2.54 bits per heavy atom. The summed E-state index contributed by atoms with van der Waals surface area (Å²) >= 11 is 6.22. The number of carbonyl (C=O) groups excluding carboxylic acids is 2. The van der Waals surface area contributed by atoms with Gasteiger partial charge in [-0.3, -0.25) is 14.3 Å². The van der Waals surface area contributed by atoms with Crippen molar-refractivity contribution in [2.45, 2.75) is 37.7 Å². The highest BCUT2D eigenvalue weighted by Crippen LogP contribution is 2.27. The summed E-state index contributed by atoms with van der Waals surface area (Å²) in [5.41, 5.74) is 2.71. The van der Waals surface area contributed by atoms with Crippen LogP contribution >= 0.6 is 11.6 Å². The van der Waals surface area contributed by atoms with Crippen LogP contribution in [0.25, 0.3) is 0 Å². The predicted molar refractivity (Wildman–Crippen MR) is 144 cm³/mol. The molecule has 1 saturated heterocycles. The van der Waals surface area contributed by atoms with Crippen LogP contribution in [0.1, 0.15) is 44.7 Å². The number of hydrogen-bond acceptors (Lipinski definition) is 5. The number of nitrogens with one attached hydrogen (secondary N) is 3. The molecule has 3 N–H and O–H groups in total. The second-order valence-corrected chi connectivity index (χ2v) is 11.0. The molecule has 8 nitrogen and oxygen atoms in total. The van der Waals surface area contributed by atoms with E-state index in [1.54, 1.807) is 37.3 Å². The van der Waals surface area contributed by atoms with E-state index in [9.17, 15) is 18.0 Å². The zero-order chi connectivity index (χ0) is 26.6. The Labute approximate surface area is 221 Å². The van der Waals surface area contributed by atoms with E-state index < -0.39 is 15.9 Å². The molecule has 0 saturated carbocycles. The third kappa shape index (κ3) is 6.49. The van der Waals surface area contributed by atoms with Gasteiger partial charge in [-0.2, -0.15) is 0 Å². The molecule has 0 unspecified atom stereocenters. The molecule has 0 bridgehead atoms. The molecule has 10 heteroatoms. The van der Waals surface area contributed by atoms with Crippen molar-refractivity contribution in [1.29, 1.82) is 0 Å². The molecule has 1 aliphatic heterocycles. The van der Waals surface area contributed by atoms with Gasteiger partial charge in [0.05, 0.1) is 28.1 Å². The Bertz CT molecular complexity index is 1440. The van der Waals surface area contributed by atoms with Gasteiger partial charge in [-0.25, -0.2) is 8.42 Å². The van der Waals surface area contributed by atoms with Crippen molar-refractivity contribution >= 4 is 44.8 Å². The van der Waals surface area contributed by atoms with Crippen molar-refractivity contribution in [3.8, 4) is 0 Å². The predicted octanol–water partition coefficient (Wildman–Crippen LogP) is 4.92. The van der Waals surface area contributed by atoms with Crippen LogP contribution in [0.15, 0.2) is 65.6 Å². The first-order valence-electron chi connectivity index (χ1n) is 11.8. The number of aryl methyl sites for hydroxylation is 2. The van der Waals surface area contributed by atoms with Gasteiger partial charge < -0.3 is 15.4 Å². The Morgan fingerprint density at radius 1 is 1.00 bits per heavy atom. The fourth-order valence-corrected chi connectivity index (χ4v) is 5.64. The van der Waals surface area contributed by atoms with Crippen molar-refractivity contribution in [1.82, 2.24) is 5.32 Å². The van der Waals surface area contributed by atoms with Crippen LogP contribution in [0.4, 0.5) is 11.4 Å². The van der Waals surface area contributed by atoms with E-state index in [4.69, 9.17) is 16.3 Å². The van der Waals surface area contributed by atoms with Crippen molar-refractivity contribution < 1.29 is 22.7 Å². The number of amides is 2. The minimum atomic E-state index is -4.09. The van der Waals surface area contributed by atoms with Gasteiger partial charge in [0, 0.05) is 18.7 Å². The summed E-state index contributed by atoms with van der Waals surface area (Å²) < 4.78 is 34.4. The number of ether oxygens (including phenoxy) is 1. The molecule has 2 amide bonds. The van der Waals surface area contributed by atoms with Crippen LogP contribution in [0, 0.1) is 13.8 Å². The third-order valence-electron chi connectivity index (χ3n) is 6.05. The van der Waals surface area contributed by atoms with Gasteiger partial charge in [-0.15, -0.1) is 0 Å². The summed E-state index contributed by atoms with van der Waals surface area (Å²) in [6.07, 6.45) is 1.84. The number of hydrogen-bond donors (Lipinski definition) is 3. The molecule has 1 aliphatic rings. The van der Waals surface area contributed by atoms with E-state index >= 15 is 0 Å². The number of halogens is 1. The zero-order valence-electron chi connectivity index (χ0n) is 20.5. The topological polar surface area (TPSA) is 114 Å². The van der Waals surface area contributed by atoms with E-state index in [1.807, 2.05) is 19.1 Å². The van der Waals surface area contributed by atoms with Gasteiger partial charge in [-0.05, 0) is 74.2 Å². The SMILES string of the molecule is Cc1ccc(C)c(NS(=O)(=O)c2cc(C(=O)Nc3ccccc3C(=O)NC[C@@H]3CCCO3)ccc2Cl)c1. The summed E-state index contributed by atoms with van der Waals surface area (Å²) in [4.78, 5) is 25.6. The molecule has 0 aromatic heterocycles. The maximum absolute atomic E-state index is 13.2. The Hall–Kier alpha value is -3.40. The van der Waals surface area contributed by atoms with Gasteiger partial charge in [0.25, 0.3) is 21.8 Å². The normalized spacial score (nSPS) is 15.3. The summed E-state index contributed by atoms with van der Waals surface area (Å²) in [5.74, 6) is -0.928. The minimum Gasteiger partial charge on any atom is -0.376 e. The largest absolute Gasteiger partial charge is 0.376 e. The smallest absolute Gasteiger partial charge is 0.263 e. The highest BCUT2D eigenvalue weighted by molar-refractivity contribution is 7.92. The van der Waals surface area contributed by atoms with Crippen molar-refractivity contribution in [2.24, 2.45) is 0 Å². The third-order valence-corrected chi connectivity index (χ3v) is 7.90. The maximum atomic E-state index is 13.2. The van der Waals surface area contributed by atoms with Crippen molar-refractivity contribution in [3.05, 3.63) is 87.9 Å². The van der Waals surface area contributed by atoms with Crippen molar-refractivity contribution in [2.75, 3.05) is 23.2 Å². The lowest BCUT2D eigenvalue weighted by atomic mass is 10.1. The molecule has 194 valence electrons.